The lowest BCUT2D eigenvalue weighted by molar-refractivity contribution is -0.849. The van der Waals surface area contributed by atoms with Crippen LogP contribution in [0.15, 0.2) is 30.3 Å². The second kappa shape index (κ2) is 6.65. The van der Waals surface area contributed by atoms with Crippen molar-refractivity contribution >= 4 is 5.97 Å². The molecule has 0 radical (unpaired) electrons. The summed E-state index contributed by atoms with van der Waals surface area (Å²) in [6.45, 7) is 0. The quantitative estimate of drug-likeness (QED) is 0.530. The molecule has 0 saturated carbocycles. The van der Waals surface area contributed by atoms with Crippen LogP contribution in [-0.4, -0.2) is 43.7 Å². The summed E-state index contributed by atoms with van der Waals surface area (Å²) in [5.74, 6) is 3.42. The van der Waals surface area contributed by atoms with Gasteiger partial charge in [0.25, 0.3) is 0 Å². The van der Waals surface area contributed by atoms with Gasteiger partial charge in [0.1, 0.15) is 0 Å². The van der Waals surface area contributed by atoms with E-state index in [2.05, 4.69) is 34.1 Å². The highest BCUT2D eigenvalue weighted by Gasteiger charge is 1.88. The van der Waals surface area contributed by atoms with Crippen molar-refractivity contribution in [3.05, 3.63) is 35.9 Å². The van der Waals surface area contributed by atoms with Gasteiger partial charge >= 0.3 is 5.97 Å². The molecular weight excluding hydrogens is 202 g/mol. The lowest BCUT2D eigenvalue weighted by atomic mass is 10.2. The first-order chi connectivity index (χ1) is 7.29. The molecule has 0 aliphatic rings. The summed E-state index contributed by atoms with van der Waals surface area (Å²) >= 11 is 0. The van der Waals surface area contributed by atoms with Crippen molar-refractivity contribution in [3.8, 4) is 11.8 Å². The van der Waals surface area contributed by atoms with Crippen molar-refractivity contribution in [3.63, 3.8) is 0 Å². The Balaban J connectivity index is 0.000000385. The first kappa shape index (κ1) is 14.2. The summed E-state index contributed by atoms with van der Waals surface area (Å²) in [6.07, 6.45) is 0. The first-order valence-corrected chi connectivity index (χ1v) is 4.88. The minimum Gasteiger partial charge on any atom is -0.472 e. The van der Waals surface area contributed by atoms with Crippen molar-refractivity contribution < 1.29 is 14.4 Å². The van der Waals surface area contributed by atoms with E-state index >= 15 is 0 Å². The van der Waals surface area contributed by atoms with Gasteiger partial charge in [-0.3, -0.25) is 0 Å². The van der Waals surface area contributed by atoms with Gasteiger partial charge in [0.2, 0.25) is 0 Å². The molecule has 1 N–H and O–H groups in total. The van der Waals surface area contributed by atoms with Crippen molar-refractivity contribution in [2.45, 2.75) is 0 Å². The summed E-state index contributed by atoms with van der Waals surface area (Å²) in [5, 5.41) is 8.20. The first-order valence-electron chi connectivity index (χ1n) is 4.88. The zero-order chi connectivity index (χ0) is 12.6. The minimum atomic E-state index is -1.10. The van der Waals surface area contributed by atoms with Crippen LogP contribution in [0.4, 0.5) is 0 Å². The van der Waals surface area contributed by atoms with Crippen molar-refractivity contribution in [1.82, 2.24) is 0 Å². The van der Waals surface area contributed by atoms with E-state index in [-0.39, 0.29) is 0 Å². The summed E-state index contributed by atoms with van der Waals surface area (Å²) in [6, 6.07) is 9.00. The van der Waals surface area contributed by atoms with Crippen LogP contribution in [0.2, 0.25) is 0 Å². The molecule has 0 aliphatic heterocycles. The molecule has 0 amide bonds. The van der Waals surface area contributed by atoms with E-state index in [1.54, 1.807) is 12.1 Å². The number of aliphatic carboxylic acids is 1. The summed E-state index contributed by atoms with van der Waals surface area (Å²) in [5.41, 5.74) is 0.718. The molecular formula is C13H18NO2+. The van der Waals surface area contributed by atoms with E-state index in [4.69, 9.17) is 5.11 Å². The average molecular weight is 220 g/mol. The van der Waals surface area contributed by atoms with Crippen LogP contribution in [0, 0.1) is 11.8 Å². The number of carboxylic acids is 1. The molecule has 0 spiro atoms. The van der Waals surface area contributed by atoms with Gasteiger partial charge in [-0.05, 0) is 12.1 Å². The van der Waals surface area contributed by atoms with Crippen LogP contribution >= 0.6 is 0 Å². The fourth-order valence-electron chi connectivity index (χ4n) is 0.647. The Kier molecular flexibility index (Phi) is 5.91. The molecule has 0 heterocycles. The Morgan fingerprint density at radius 2 is 1.56 bits per heavy atom. The highest BCUT2D eigenvalue weighted by atomic mass is 16.4. The highest BCUT2D eigenvalue weighted by Crippen LogP contribution is 1.93. The van der Waals surface area contributed by atoms with Gasteiger partial charge in [-0.2, -0.15) is 0 Å². The number of carbonyl (C=O) groups is 1. The van der Waals surface area contributed by atoms with E-state index in [0.29, 0.717) is 0 Å². The van der Waals surface area contributed by atoms with Gasteiger partial charge in [-0.1, -0.05) is 24.1 Å². The molecule has 86 valence electrons. The number of benzene rings is 1. The zero-order valence-electron chi connectivity index (χ0n) is 10.2. The predicted molar refractivity (Wildman–Crippen MR) is 64.9 cm³/mol. The average Bonchev–Trinajstić information content (AvgIpc) is 2.14. The lowest BCUT2D eigenvalue weighted by Crippen LogP contribution is -2.27. The molecule has 3 nitrogen and oxygen atoms in total. The van der Waals surface area contributed by atoms with Crippen molar-refractivity contribution in [2.24, 2.45) is 0 Å². The van der Waals surface area contributed by atoms with Gasteiger partial charge in [0.15, 0.2) is 0 Å². The number of hydrogen-bond acceptors (Lipinski definition) is 1. The third-order valence-electron chi connectivity index (χ3n) is 1.09. The summed E-state index contributed by atoms with van der Waals surface area (Å²) in [7, 11) is 8.50. The number of nitrogens with zero attached hydrogens (tertiary/aromatic N) is 1. The molecule has 3 heteroatoms. The van der Waals surface area contributed by atoms with Gasteiger partial charge < -0.3 is 9.59 Å². The predicted octanol–water partition coefficient (Wildman–Crippen LogP) is 1.45. The minimum absolute atomic E-state index is 0.718. The number of quaternary nitrogens is 1. The van der Waals surface area contributed by atoms with Crippen molar-refractivity contribution in [1.29, 1.82) is 0 Å². The van der Waals surface area contributed by atoms with Crippen LogP contribution < -0.4 is 0 Å². The van der Waals surface area contributed by atoms with Crippen LogP contribution in [0.5, 0.6) is 0 Å². The van der Waals surface area contributed by atoms with E-state index in [9.17, 15) is 4.79 Å². The van der Waals surface area contributed by atoms with Gasteiger partial charge in [0, 0.05) is 11.5 Å². The monoisotopic (exact) mass is 220 g/mol. The smallest absolute Gasteiger partial charge is 0.382 e. The van der Waals surface area contributed by atoms with Gasteiger partial charge in [-0.25, -0.2) is 4.79 Å². The Bertz CT molecular complexity index is 374. The zero-order valence-corrected chi connectivity index (χ0v) is 10.2. The largest absolute Gasteiger partial charge is 0.472 e. The van der Waals surface area contributed by atoms with Crippen molar-refractivity contribution in [2.75, 3.05) is 28.2 Å². The Hall–Kier alpha value is -1.79. The highest BCUT2D eigenvalue weighted by molar-refractivity contribution is 5.87. The van der Waals surface area contributed by atoms with Crippen LogP contribution in [0.25, 0.3) is 0 Å². The molecule has 0 unspecified atom stereocenters. The summed E-state index contributed by atoms with van der Waals surface area (Å²) in [4.78, 5) is 10.00. The third kappa shape index (κ3) is 12.2. The SMILES string of the molecule is C[N+](C)(C)C.O=C(O)C#Cc1ccccc1. The molecule has 0 atom stereocenters. The normalized spacial score (nSPS) is 9.25. The maximum absolute atomic E-state index is 10.00. The molecule has 16 heavy (non-hydrogen) atoms. The van der Waals surface area contributed by atoms with Crippen LogP contribution in [0.1, 0.15) is 5.56 Å². The van der Waals surface area contributed by atoms with Gasteiger partial charge in [-0.15, -0.1) is 0 Å². The second-order valence-corrected chi connectivity index (χ2v) is 4.60. The molecule has 1 aromatic carbocycles. The van der Waals surface area contributed by atoms with E-state index < -0.39 is 5.97 Å². The maximum Gasteiger partial charge on any atom is 0.382 e. The Labute approximate surface area is 96.9 Å². The molecule has 0 aliphatic carbocycles. The maximum atomic E-state index is 10.00. The van der Waals surface area contributed by atoms with Gasteiger partial charge in [0.05, 0.1) is 28.2 Å². The number of rotatable bonds is 0. The summed E-state index contributed by atoms with van der Waals surface area (Å²) < 4.78 is 1.00. The van der Waals surface area contributed by atoms with E-state index in [1.807, 2.05) is 24.1 Å². The number of carboxylic acid groups (broad SMARTS) is 1. The standard InChI is InChI=1S/C9H6O2.C4H12N/c10-9(11)7-6-8-4-2-1-3-5-8;1-5(2,3)4/h1-5H,(H,10,11);1-4H3/q;+1. The molecule has 0 saturated heterocycles. The van der Waals surface area contributed by atoms with Crippen LogP contribution in [-0.2, 0) is 4.79 Å². The Morgan fingerprint density at radius 3 is 1.94 bits per heavy atom. The number of hydrogen-bond donors (Lipinski definition) is 1. The van der Waals surface area contributed by atoms with E-state index in [0.717, 1.165) is 10.0 Å². The fourth-order valence-corrected chi connectivity index (χ4v) is 0.647. The third-order valence-corrected chi connectivity index (χ3v) is 1.09. The second-order valence-electron chi connectivity index (χ2n) is 4.60. The molecule has 0 bridgehead atoms. The topological polar surface area (TPSA) is 37.3 Å². The Morgan fingerprint density at radius 1 is 1.12 bits per heavy atom. The molecule has 0 fully saturated rings. The molecule has 1 aromatic rings. The van der Waals surface area contributed by atoms with E-state index in [1.165, 1.54) is 0 Å². The molecule has 1 rings (SSSR count). The fraction of sp³-hybridized carbons (Fsp3) is 0.308. The van der Waals surface area contributed by atoms with Crippen LogP contribution in [0.3, 0.4) is 0 Å². The lowest BCUT2D eigenvalue weighted by Gasteiger charge is -2.14. The molecule has 0 aromatic heterocycles.